The average molecular weight is 311 g/mol. The molecule has 0 bridgehead atoms. The fourth-order valence-electron chi connectivity index (χ4n) is 2.46. The summed E-state index contributed by atoms with van der Waals surface area (Å²) in [6.45, 7) is 1.93. The molecule has 7 nitrogen and oxygen atoms in total. The first-order chi connectivity index (χ1) is 10.1. The van der Waals surface area contributed by atoms with Crippen molar-refractivity contribution in [1.82, 2.24) is 20.1 Å². The van der Waals surface area contributed by atoms with Gasteiger partial charge in [0.2, 0.25) is 0 Å². The van der Waals surface area contributed by atoms with Gasteiger partial charge >= 0.3 is 12.1 Å². The highest BCUT2D eigenvalue weighted by Crippen LogP contribution is 2.26. The van der Waals surface area contributed by atoms with Crippen molar-refractivity contribution >= 4 is 23.7 Å². The molecular formula is C13H15ClN4O3. The first-order valence-corrected chi connectivity index (χ1v) is 7.13. The third kappa shape index (κ3) is 2.87. The van der Waals surface area contributed by atoms with Crippen molar-refractivity contribution in [1.29, 1.82) is 0 Å². The molecular weight excluding hydrogens is 296 g/mol. The molecule has 112 valence electrons. The van der Waals surface area contributed by atoms with Gasteiger partial charge in [-0.15, -0.1) is 0 Å². The van der Waals surface area contributed by atoms with Gasteiger partial charge in [-0.05, 0) is 0 Å². The van der Waals surface area contributed by atoms with Crippen molar-refractivity contribution < 1.29 is 14.3 Å². The second kappa shape index (κ2) is 5.77. The number of amides is 4. The van der Waals surface area contributed by atoms with E-state index in [9.17, 15) is 9.59 Å². The second-order valence-electron chi connectivity index (χ2n) is 4.95. The molecule has 0 spiro atoms. The molecule has 8 heteroatoms. The van der Waals surface area contributed by atoms with E-state index in [1.165, 1.54) is 11.1 Å². The summed E-state index contributed by atoms with van der Waals surface area (Å²) in [6, 6.07) is 1.10. The van der Waals surface area contributed by atoms with Crippen LogP contribution >= 0.6 is 11.6 Å². The number of likely N-dealkylation sites (tertiary alicyclic amines) is 1. The fourth-order valence-corrected chi connectivity index (χ4v) is 2.62. The molecule has 1 N–H and O–H groups in total. The van der Waals surface area contributed by atoms with Crippen LogP contribution in [0, 0.1) is 0 Å². The molecule has 21 heavy (non-hydrogen) atoms. The summed E-state index contributed by atoms with van der Waals surface area (Å²) >= 11 is 6.00. The van der Waals surface area contributed by atoms with E-state index in [-0.39, 0.29) is 18.2 Å². The Hall–Kier alpha value is -2.02. The summed E-state index contributed by atoms with van der Waals surface area (Å²) in [6.07, 6.45) is 3.70. The number of hydrogen-bond donors (Lipinski definition) is 1. The number of carbonyl (C=O) groups excluding carboxylic acids is 2. The minimum atomic E-state index is -0.332. The molecule has 3 heterocycles. The van der Waals surface area contributed by atoms with Crippen molar-refractivity contribution in [2.45, 2.75) is 12.5 Å². The van der Waals surface area contributed by atoms with Crippen LogP contribution in [0.3, 0.4) is 0 Å². The Morgan fingerprint density at radius 3 is 3.05 bits per heavy atom. The molecule has 1 atom stereocenters. The summed E-state index contributed by atoms with van der Waals surface area (Å²) in [7, 11) is 0. The molecule has 3 rings (SSSR count). The maximum absolute atomic E-state index is 12.2. The van der Waals surface area contributed by atoms with E-state index >= 15 is 0 Å². The van der Waals surface area contributed by atoms with Crippen LogP contribution in [0.4, 0.5) is 9.59 Å². The second-order valence-corrected chi connectivity index (χ2v) is 5.35. The lowest BCUT2D eigenvalue weighted by molar-refractivity contribution is 0.162. The number of urea groups is 2. The van der Waals surface area contributed by atoms with Gasteiger partial charge in [0.1, 0.15) is 16.9 Å². The molecule has 0 aromatic carbocycles. The van der Waals surface area contributed by atoms with E-state index < -0.39 is 0 Å². The predicted octanol–water partition coefficient (Wildman–Crippen LogP) is 1.33. The highest BCUT2D eigenvalue weighted by molar-refractivity contribution is 6.31. The van der Waals surface area contributed by atoms with Crippen molar-refractivity contribution in [3.05, 3.63) is 23.5 Å². The van der Waals surface area contributed by atoms with Gasteiger partial charge in [-0.1, -0.05) is 11.6 Å². The first-order valence-electron chi connectivity index (χ1n) is 6.75. The van der Waals surface area contributed by atoms with Gasteiger partial charge in [0.05, 0.1) is 6.54 Å². The number of ether oxygens (including phenoxy) is 1. The highest BCUT2D eigenvalue weighted by Gasteiger charge is 2.35. The molecule has 0 unspecified atom stereocenters. The molecule has 0 aliphatic carbocycles. The number of hydrogen-bond acceptors (Lipinski definition) is 4. The topological polar surface area (TPSA) is 74.8 Å². The number of nitrogens with zero attached hydrogens (tertiary/aromatic N) is 3. The molecule has 2 saturated heterocycles. The molecule has 2 fully saturated rings. The maximum Gasteiger partial charge on any atom is 0.328 e. The van der Waals surface area contributed by atoms with E-state index in [0.717, 1.165) is 0 Å². The number of halogens is 1. The number of nitrogens with one attached hydrogen (secondary N) is 1. The molecule has 0 radical (unpaired) electrons. The van der Waals surface area contributed by atoms with Gasteiger partial charge in [-0.2, -0.15) is 0 Å². The van der Waals surface area contributed by atoms with E-state index in [2.05, 4.69) is 10.3 Å². The zero-order valence-electron chi connectivity index (χ0n) is 11.3. The Morgan fingerprint density at radius 1 is 1.48 bits per heavy atom. The fraction of sp³-hybridized carbons (Fsp3) is 0.462. The first kappa shape index (κ1) is 13.9. The van der Waals surface area contributed by atoms with Crippen LogP contribution in [0.25, 0.3) is 0 Å². The average Bonchev–Trinajstić information content (AvgIpc) is 3.10. The zero-order chi connectivity index (χ0) is 14.8. The van der Waals surface area contributed by atoms with Crippen molar-refractivity contribution in [3.8, 4) is 5.75 Å². The Labute approximate surface area is 126 Å². The van der Waals surface area contributed by atoms with E-state index in [1.807, 2.05) is 0 Å². The van der Waals surface area contributed by atoms with Gasteiger partial charge in [0.25, 0.3) is 0 Å². The minimum absolute atomic E-state index is 0.125. The van der Waals surface area contributed by atoms with Crippen LogP contribution in [0.2, 0.25) is 5.02 Å². The Morgan fingerprint density at radius 2 is 2.33 bits per heavy atom. The van der Waals surface area contributed by atoms with E-state index in [0.29, 0.717) is 43.4 Å². The SMILES string of the molecule is O=C1NCCN1C(=O)N1CC[C@H](Oc2ccncc2Cl)C1. The molecule has 4 amide bonds. The Kier molecular flexibility index (Phi) is 3.83. The third-order valence-electron chi connectivity index (χ3n) is 3.53. The number of aromatic nitrogens is 1. The van der Waals surface area contributed by atoms with Crippen LogP contribution in [0.5, 0.6) is 5.75 Å². The number of imide groups is 1. The van der Waals surface area contributed by atoms with Gasteiger partial charge in [-0.25, -0.2) is 14.5 Å². The number of carbonyl (C=O) groups is 2. The minimum Gasteiger partial charge on any atom is -0.487 e. The number of rotatable bonds is 2. The quantitative estimate of drug-likeness (QED) is 0.894. The number of pyridine rings is 1. The van der Waals surface area contributed by atoms with Gasteiger partial charge < -0.3 is 15.0 Å². The zero-order valence-corrected chi connectivity index (χ0v) is 12.0. The standard InChI is InChI=1S/C13H15ClN4O3/c14-10-7-15-3-1-11(10)21-9-2-5-17(8-9)13(20)18-6-4-16-12(18)19/h1,3,7,9H,2,4-6,8H2,(H,16,19)/t9-/m0/s1. The van der Waals surface area contributed by atoms with Crippen LogP contribution in [-0.4, -0.2) is 59.1 Å². The highest BCUT2D eigenvalue weighted by atomic mass is 35.5. The predicted molar refractivity (Wildman–Crippen MR) is 75.4 cm³/mol. The molecule has 1 aromatic heterocycles. The van der Waals surface area contributed by atoms with Crippen molar-refractivity contribution in [2.24, 2.45) is 0 Å². The van der Waals surface area contributed by atoms with Gasteiger partial charge in [0, 0.05) is 44.5 Å². The summed E-state index contributed by atoms with van der Waals surface area (Å²) in [4.78, 5) is 30.5. The lowest BCUT2D eigenvalue weighted by Crippen LogP contribution is -2.44. The Bertz CT molecular complexity index is 568. The smallest absolute Gasteiger partial charge is 0.328 e. The third-order valence-corrected chi connectivity index (χ3v) is 3.82. The molecule has 2 aliphatic rings. The molecule has 1 aromatic rings. The lowest BCUT2D eigenvalue weighted by atomic mass is 10.3. The van der Waals surface area contributed by atoms with E-state index in [1.54, 1.807) is 17.2 Å². The summed E-state index contributed by atoms with van der Waals surface area (Å²) < 4.78 is 5.79. The summed E-state index contributed by atoms with van der Waals surface area (Å²) in [5, 5.41) is 3.06. The van der Waals surface area contributed by atoms with Crippen LogP contribution in [0.15, 0.2) is 18.5 Å². The van der Waals surface area contributed by atoms with Gasteiger partial charge in [-0.3, -0.25) is 4.98 Å². The summed E-state index contributed by atoms with van der Waals surface area (Å²) in [5.41, 5.74) is 0. The maximum atomic E-state index is 12.2. The van der Waals surface area contributed by atoms with Crippen molar-refractivity contribution in [2.75, 3.05) is 26.2 Å². The molecule has 2 aliphatic heterocycles. The molecule has 0 saturated carbocycles. The largest absolute Gasteiger partial charge is 0.487 e. The van der Waals surface area contributed by atoms with Crippen LogP contribution < -0.4 is 10.1 Å². The van der Waals surface area contributed by atoms with Gasteiger partial charge in [0.15, 0.2) is 0 Å². The van der Waals surface area contributed by atoms with E-state index in [4.69, 9.17) is 16.3 Å². The van der Waals surface area contributed by atoms with Crippen LogP contribution in [0.1, 0.15) is 6.42 Å². The normalized spacial score (nSPS) is 21.6. The Balaban J connectivity index is 1.59. The van der Waals surface area contributed by atoms with Crippen LogP contribution in [-0.2, 0) is 0 Å². The van der Waals surface area contributed by atoms with Crippen molar-refractivity contribution in [3.63, 3.8) is 0 Å². The lowest BCUT2D eigenvalue weighted by Gasteiger charge is -2.22. The monoisotopic (exact) mass is 310 g/mol. The summed E-state index contributed by atoms with van der Waals surface area (Å²) in [5.74, 6) is 0.560.